The van der Waals surface area contributed by atoms with Crippen LogP contribution in [0.3, 0.4) is 0 Å². The molecule has 4 aromatic rings. The van der Waals surface area contributed by atoms with Crippen molar-refractivity contribution >= 4 is 32.4 Å². The van der Waals surface area contributed by atoms with Gasteiger partial charge in [-0.05, 0) is 46.5 Å². The zero-order valence-electron chi connectivity index (χ0n) is 10.8. The molecular formula is C16H11FN2O. The van der Waals surface area contributed by atoms with Crippen molar-refractivity contribution < 1.29 is 9.13 Å². The van der Waals surface area contributed by atoms with Gasteiger partial charge in [0.05, 0.1) is 18.8 Å². The average molecular weight is 266 g/mol. The number of ether oxygens (including phenoxy) is 1. The normalized spacial score (nSPS) is 11.5. The fraction of sp³-hybridized carbons (Fsp3) is 0.0625. The minimum atomic E-state index is -0.246. The highest BCUT2D eigenvalue weighted by Crippen LogP contribution is 2.35. The van der Waals surface area contributed by atoms with Crippen LogP contribution in [0, 0.1) is 5.82 Å². The van der Waals surface area contributed by atoms with E-state index in [0.717, 1.165) is 38.2 Å². The standard InChI is InChI=1S/C16H11FN2O/c1-20-10-3-5-12-14(7-10)13-6-9(17)2-4-11(13)15-8-18-19-16(12)15/h2-8H,1H3,(H,18,19). The fourth-order valence-electron chi connectivity index (χ4n) is 2.76. The molecule has 20 heavy (non-hydrogen) atoms. The van der Waals surface area contributed by atoms with E-state index < -0.39 is 0 Å². The van der Waals surface area contributed by atoms with Crippen LogP contribution in [0.25, 0.3) is 32.4 Å². The molecule has 1 heterocycles. The molecule has 3 aromatic carbocycles. The first-order valence-corrected chi connectivity index (χ1v) is 6.30. The molecular weight excluding hydrogens is 255 g/mol. The van der Waals surface area contributed by atoms with Gasteiger partial charge in [0.25, 0.3) is 0 Å². The summed E-state index contributed by atoms with van der Waals surface area (Å²) in [5.74, 6) is 0.506. The maximum absolute atomic E-state index is 13.6. The molecule has 0 amide bonds. The van der Waals surface area contributed by atoms with Crippen LogP contribution in [-0.2, 0) is 0 Å². The zero-order chi connectivity index (χ0) is 13.7. The Bertz CT molecular complexity index is 959. The smallest absolute Gasteiger partial charge is 0.123 e. The molecule has 0 fully saturated rings. The third kappa shape index (κ3) is 1.42. The maximum Gasteiger partial charge on any atom is 0.123 e. The molecule has 0 saturated heterocycles. The van der Waals surface area contributed by atoms with E-state index in [1.807, 2.05) is 18.2 Å². The lowest BCUT2D eigenvalue weighted by atomic mass is 9.98. The summed E-state index contributed by atoms with van der Waals surface area (Å²) in [6.07, 6.45) is 1.78. The highest BCUT2D eigenvalue weighted by Gasteiger charge is 2.11. The number of aromatic nitrogens is 2. The van der Waals surface area contributed by atoms with Gasteiger partial charge in [-0.15, -0.1) is 0 Å². The molecule has 3 nitrogen and oxygen atoms in total. The number of rotatable bonds is 1. The molecule has 0 aliphatic heterocycles. The van der Waals surface area contributed by atoms with Gasteiger partial charge >= 0.3 is 0 Å². The van der Waals surface area contributed by atoms with E-state index in [2.05, 4.69) is 10.2 Å². The summed E-state index contributed by atoms with van der Waals surface area (Å²) < 4.78 is 18.9. The topological polar surface area (TPSA) is 37.9 Å². The van der Waals surface area contributed by atoms with Crippen molar-refractivity contribution in [3.05, 3.63) is 48.4 Å². The fourth-order valence-corrected chi connectivity index (χ4v) is 2.76. The molecule has 0 aliphatic carbocycles. The second kappa shape index (κ2) is 3.93. The SMILES string of the molecule is COc1ccc2c(c1)c1cc(F)ccc1c1cn[nH]c21. The Hall–Kier alpha value is -2.62. The number of fused-ring (bicyclic) bond motifs is 6. The summed E-state index contributed by atoms with van der Waals surface area (Å²) in [6, 6.07) is 10.6. The number of hydrogen-bond donors (Lipinski definition) is 1. The van der Waals surface area contributed by atoms with E-state index in [1.165, 1.54) is 6.07 Å². The Kier molecular flexibility index (Phi) is 2.21. The van der Waals surface area contributed by atoms with Crippen LogP contribution in [0.2, 0.25) is 0 Å². The van der Waals surface area contributed by atoms with Gasteiger partial charge in [0, 0.05) is 10.8 Å². The second-order valence-electron chi connectivity index (χ2n) is 4.76. The zero-order valence-corrected chi connectivity index (χ0v) is 10.8. The van der Waals surface area contributed by atoms with E-state index in [1.54, 1.807) is 25.4 Å². The summed E-state index contributed by atoms with van der Waals surface area (Å²) in [7, 11) is 1.62. The predicted molar refractivity (Wildman–Crippen MR) is 77.6 cm³/mol. The van der Waals surface area contributed by atoms with Crippen molar-refractivity contribution in [1.29, 1.82) is 0 Å². The first-order chi connectivity index (χ1) is 9.78. The van der Waals surface area contributed by atoms with Gasteiger partial charge in [-0.3, -0.25) is 5.10 Å². The van der Waals surface area contributed by atoms with Crippen LogP contribution in [-0.4, -0.2) is 17.3 Å². The number of aromatic amines is 1. The van der Waals surface area contributed by atoms with Crippen LogP contribution in [0.4, 0.5) is 4.39 Å². The van der Waals surface area contributed by atoms with Gasteiger partial charge in [-0.1, -0.05) is 6.07 Å². The van der Waals surface area contributed by atoms with E-state index in [0.29, 0.717) is 0 Å². The molecule has 4 heteroatoms. The van der Waals surface area contributed by atoms with E-state index in [-0.39, 0.29) is 5.82 Å². The molecule has 0 bridgehead atoms. The molecule has 98 valence electrons. The molecule has 0 saturated carbocycles. The Labute approximate surface area is 114 Å². The summed E-state index contributed by atoms with van der Waals surface area (Å²) in [4.78, 5) is 0. The predicted octanol–water partition coefficient (Wildman–Crippen LogP) is 4.02. The number of methoxy groups -OCH3 is 1. The van der Waals surface area contributed by atoms with Crippen molar-refractivity contribution in [1.82, 2.24) is 10.2 Å². The lowest BCUT2D eigenvalue weighted by Crippen LogP contribution is -1.86. The van der Waals surface area contributed by atoms with Crippen LogP contribution in [0.15, 0.2) is 42.6 Å². The largest absolute Gasteiger partial charge is 0.497 e. The Morgan fingerprint density at radius 2 is 1.75 bits per heavy atom. The van der Waals surface area contributed by atoms with Crippen LogP contribution in [0.1, 0.15) is 0 Å². The first kappa shape index (κ1) is 11.2. The molecule has 0 spiro atoms. The third-order valence-corrected chi connectivity index (χ3v) is 3.70. The number of halogens is 1. The molecule has 0 radical (unpaired) electrons. The van der Waals surface area contributed by atoms with Gasteiger partial charge in [0.1, 0.15) is 11.6 Å². The highest BCUT2D eigenvalue weighted by atomic mass is 19.1. The van der Waals surface area contributed by atoms with Crippen molar-refractivity contribution in [3.63, 3.8) is 0 Å². The number of nitrogens with zero attached hydrogens (tertiary/aromatic N) is 1. The average Bonchev–Trinajstić information content (AvgIpc) is 2.96. The third-order valence-electron chi connectivity index (χ3n) is 3.70. The van der Waals surface area contributed by atoms with Gasteiger partial charge in [0.15, 0.2) is 0 Å². The molecule has 1 aromatic heterocycles. The monoisotopic (exact) mass is 266 g/mol. The molecule has 1 N–H and O–H groups in total. The van der Waals surface area contributed by atoms with Gasteiger partial charge in [0.2, 0.25) is 0 Å². The van der Waals surface area contributed by atoms with Crippen molar-refractivity contribution in [3.8, 4) is 5.75 Å². The van der Waals surface area contributed by atoms with Crippen LogP contribution < -0.4 is 4.74 Å². The van der Waals surface area contributed by atoms with E-state index in [4.69, 9.17) is 4.74 Å². The Morgan fingerprint density at radius 3 is 2.60 bits per heavy atom. The quantitative estimate of drug-likeness (QED) is 0.528. The van der Waals surface area contributed by atoms with E-state index >= 15 is 0 Å². The van der Waals surface area contributed by atoms with Crippen LogP contribution in [0.5, 0.6) is 5.75 Å². The van der Waals surface area contributed by atoms with E-state index in [9.17, 15) is 4.39 Å². The maximum atomic E-state index is 13.6. The number of nitrogens with one attached hydrogen (secondary N) is 1. The lowest BCUT2D eigenvalue weighted by Gasteiger charge is -2.08. The van der Waals surface area contributed by atoms with Gasteiger partial charge < -0.3 is 4.74 Å². The first-order valence-electron chi connectivity index (χ1n) is 6.30. The number of benzene rings is 3. The summed E-state index contributed by atoms with van der Waals surface area (Å²) in [5, 5.41) is 12.0. The van der Waals surface area contributed by atoms with Gasteiger partial charge in [-0.2, -0.15) is 5.10 Å². The molecule has 0 atom stereocenters. The number of H-pyrrole nitrogens is 1. The Balaban J connectivity index is 2.33. The van der Waals surface area contributed by atoms with Crippen molar-refractivity contribution in [2.75, 3.05) is 7.11 Å². The summed E-state index contributed by atoms with van der Waals surface area (Å²) >= 11 is 0. The second-order valence-corrected chi connectivity index (χ2v) is 4.76. The number of hydrogen-bond acceptors (Lipinski definition) is 2. The van der Waals surface area contributed by atoms with Gasteiger partial charge in [-0.25, -0.2) is 4.39 Å². The van der Waals surface area contributed by atoms with Crippen molar-refractivity contribution in [2.24, 2.45) is 0 Å². The Morgan fingerprint density at radius 1 is 0.950 bits per heavy atom. The molecule has 4 rings (SSSR count). The molecule has 0 unspecified atom stereocenters. The highest BCUT2D eigenvalue weighted by molar-refractivity contribution is 6.24. The summed E-state index contributed by atoms with van der Waals surface area (Å²) in [5.41, 5.74) is 0.960. The minimum absolute atomic E-state index is 0.246. The molecule has 0 aliphatic rings. The summed E-state index contributed by atoms with van der Waals surface area (Å²) in [6.45, 7) is 0. The van der Waals surface area contributed by atoms with Crippen LogP contribution >= 0.6 is 0 Å². The van der Waals surface area contributed by atoms with Crippen molar-refractivity contribution in [2.45, 2.75) is 0 Å². The lowest BCUT2D eigenvalue weighted by molar-refractivity contribution is 0.415. The minimum Gasteiger partial charge on any atom is -0.497 e.